The van der Waals surface area contributed by atoms with Gasteiger partial charge >= 0.3 is 11.8 Å². The van der Waals surface area contributed by atoms with E-state index in [-0.39, 0.29) is 18.4 Å². The van der Waals surface area contributed by atoms with Crippen LogP contribution in [0.2, 0.25) is 0 Å². The molecule has 0 radical (unpaired) electrons. The highest BCUT2D eigenvalue weighted by Crippen LogP contribution is 2.19. The predicted octanol–water partition coefficient (Wildman–Crippen LogP) is -1.35. The molecule has 0 aromatic carbocycles. The third-order valence-corrected chi connectivity index (χ3v) is 3.70. The zero-order chi connectivity index (χ0) is 13.0. The summed E-state index contributed by atoms with van der Waals surface area (Å²) in [5, 5.41) is 12.0. The molecular weight excluding hydrogens is 234 g/mol. The summed E-state index contributed by atoms with van der Waals surface area (Å²) >= 11 is 0. The number of nitrogens with zero attached hydrogens (tertiary/aromatic N) is 2. The monoisotopic (exact) mass is 255 g/mol. The highest BCUT2D eigenvalue weighted by atomic mass is 16.3. The Morgan fingerprint density at radius 2 is 1.78 bits per heavy atom. The van der Waals surface area contributed by atoms with Crippen molar-refractivity contribution >= 4 is 11.8 Å². The molecule has 0 spiro atoms. The van der Waals surface area contributed by atoms with Crippen molar-refractivity contribution in [2.45, 2.75) is 12.8 Å². The van der Waals surface area contributed by atoms with Gasteiger partial charge in [0.2, 0.25) is 0 Å². The Balaban J connectivity index is 1.85. The summed E-state index contributed by atoms with van der Waals surface area (Å²) in [7, 11) is 0. The summed E-state index contributed by atoms with van der Waals surface area (Å²) in [6, 6.07) is 0. The van der Waals surface area contributed by atoms with E-state index in [1.54, 1.807) is 9.80 Å². The van der Waals surface area contributed by atoms with E-state index < -0.39 is 0 Å². The van der Waals surface area contributed by atoms with Crippen LogP contribution >= 0.6 is 0 Å². The van der Waals surface area contributed by atoms with E-state index in [1.807, 2.05) is 0 Å². The second-order valence-electron chi connectivity index (χ2n) is 4.96. The molecule has 2 saturated heterocycles. The van der Waals surface area contributed by atoms with Crippen molar-refractivity contribution in [1.29, 1.82) is 0 Å². The Kier molecular flexibility index (Phi) is 4.54. The van der Waals surface area contributed by atoms with E-state index in [1.165, 1.54) is 0 Å². The molecule has 0 bridgehead atoms. The molecule has 0 aromatic rings. The number of likely N-dealkylation sites (tertiary alicyclic amines) is 1. The van der Waals surface area contributed by atoms with Gasteiger partial charge in [0.05, 0.1) is 0 Å². The number of piperazine rings is 1. The van der Waals surface area contributed by atoms with Crippen molar-refractivity contribution in [1.82, 2.24) is 15.1 Å². The van der Waals surface area contributed by atoms with Crippen LogP contribution in [0.25, 0.3) is 0 Å². The molecular formula is C12H21N3O3. The fourth-order valence-electron chi connectivity index (χ4n) is 2.57. The highest BCUT2D eigenvalue weighted by molar-refractivity contribution is 6.35. The molecule has 2 N–H and O–H groups in total. The molecule has 2 amide bonds. The third-order valence-electron chi connectivity index (χ3n) is 3.70. The quantitative estimate of drug-likeness (QED) is 0.598. The van der Waals surface area contributed by atoms with E-state index in [0.29, 0.717) is 38.5 Å². The number of aliphatic hydroxyl groups is 1. The Labute approximate surface area is 107 Å². The first-order chi connectivity index (χ1) is 8.72. The first-order valence-electron chi connectivity index (χ1n) is 6.62. The van der Waals surface area contributed by atoms with Gasteiger partial charge in [-0.2, -0.15) is 0 Å². The Morgan fingerprint density at radius 1 is 1.11 bits per heavy atom. The highest BCUT2D eigenvalue weighted by Gasteiger charge is 2.32. The van der Waals surface area contributed by atoms with E-state index in [2.05, 4.69) is 5.32 Å². The minimum absolute atomic E-state index is 0.151. The number of amides is 2. The minimum Gasteiger partial charge on any atom is -0.396 e. The zero-order valence-corrected chi connectivity index (χ0v) is 10.6. The maximum Gasteiger partial charge on any atom is 0.312 e. The molecule has 2 heterocycles. The lowest BCUT2D eigenvalue weighted by Crippen LogP contribution is -2.51. The Morgan fingerprint density at radius 3 is 2.44 bits per heavy atom. The summed E-state index contributed by atoms with van der Waals surface area (Å²) < 4.78 is 0. The molecule has 0 aromatic heterocycles. The van der Waals surface area contributed by atoms with E-state index in [9.17, 15) is 9.59 Å². The van der Waals surface area contributed by atoms with Crippen molar-refractivity contribution < 1.29 is 14.7 Å². The molecule has 2 aliphatic heterocycles. The smallest absolute Gasteiger partial charge is 0.312 e. The van der Waals surface area contributed by atoms with Crippen molar-refractivity contribution in [3.05, 3.63) is 0 Å². The van der Waals surface area contributed by atoms with Crippen LogP contribution in [-0.4, -0.2) is 72.6 Å². The van der Waals surface area contributed by atoms with Gasteiger partial charge in [0.25, 0.3) is 0 Å². The van der Waals surface area contributed by atoms with Crippen LogP contribution in [0.3, 0.4) is 0 Å². The fourth-order valence-corrected chi connectivity index (χ4v) is 2.57. The molecule has 2 fully saturated rings. The molecule has 6 nitrogen and oxygen atoms in total. The van der Waals surface area contributed by atoms with Crippen LogP contribution < -0.4 is 5.32 Å². The molecule has 2 aliphatic rings. The minimum atomic E-state index is -0.377. The van der Waals surface area contributed by atoms with E-state index in [4.69, 9.17) is 5.11 Å². The number of hydrogen-bond acceptors (Lipinski definition) is 4. The lowest BCUT2D eigenvalue weighted by Gasteiger charge is -2.28. The number of nitrogens with one attached hydrogen (secondary N) is 1. The standard InChI is InChI=1S/C12H21N3O3/c16-8-2-10-1-5-15(9-10)12(18)11(17)14-6-3-13-4-7-14/h10,13,16H,1-9H2. The van der Waals surface area contributed by atoms with Gasteiger partial charge in [0, 0.05) is 45.9 Å². The summed E-state index contributed by atoms with van der Waals surface area (Å²) in [6.07, 6.45) is 1.60. The lowest BCUT2D eigenvalue weighted by atomic mass is 10.1. The van der Waals surface area contributed by atoms with Crippen LogP contribution in [0.4, 0.5) is 0 Å². The largest absolute Gasteiger partial charge is 0.396 e. The number of hydrogen-bond donors (Lipinski definition) is 2. The van der Waals surface area contributed by atoms with E-state index in [0.717, 1.165) is 19.5 Å². The average Bonchev–Trinajstić information content (AvgIpc) is 2.87. The van der Waals surface area contributed by atoms with E-state index >= 15 is 0 Å². The van der Waals surface area contributed by atoms with Crippen LogP contribution in [-0.2, 0) is 9.59 Å². The van der Waals surface area contributed by atoms with Crippen LogP contribution in [0.1, 0.15) is 12.8 Å². The first-order valence-corrected chi connectivity index (χ1v) is 6.62. The molecule has 102 valence electrons. The number of carbonyl (C=O) groups is 2. The summed E-state index contributed by atoms with van der Waals surface area (Å²) in [4.78, 5) is 27.3. The van der Waals surface area contributed by atoms with Crippen molar-refractivity contribution in [2.24, 2.45) is 5.92 Å². The predicted molar refractivity (Wildman–Crippen MR) is 65.8 cm³/mol. The summed E-state index contributed by atoms with van der Waals surface area (Å²) in [6.45, 7) is 4.13. The van der Waals surface area contributed by atoms with Crippen LogP contribution in [0.5, 0.6) is 0 Å². The van der Waals surface area contributed by atoms with Gasteiger partial charge in [-0.3, -0.25) is 9.59 Å². The Hall–Kier alpha value is -1.14. The van der Waals surface area contributed by atoms with Gasteiger partial charge in [-0.25, -0.2) is 0 Å². The van der Waals surface area contributed by atoms with Crippen LogP contribution in [0.15, 0.2) is 0 Å². The van der Waals surface area contributed by atoms with Gasteiger partial charge in [0.15, 0.2) is 0 Å². The van der Waals surface area contributed by atoms with Gasteiger partial charge in [0.1, 0.15) is 0 Å². The van der Waals surface area contributed by atoms with Crippen molar-refractivity contribution in [2.75, 3.05) is 45.9 Å². The number of carbonyl (C=O) groups excluding carboxylic acids is 2. The second-order valence-corrected chi connectivity index (χ2v) is 4.96. The molecule has 0 aliphatic carbocycles. The van der Waals surface area contributed by atoms with Gasteiger partial charge in [-0.05, 0) is 18.8 Å². The SMILES string of the molecule is O=C(C(=O)N1CCC(CCO)C1)N1CCNCC1. The lowest BCUT2D eigenvalue weighted by molar-refractivity contribution is -0.151. The van der Waals surface area contributed by atoms with Crippen molar-refractivity contribution in [3.63, 3.8) is 0 Å². The normalized spacial score (nSPS) is 24.4. The van der Waals surface area contributed by atoms with Crippen molar-refractivity contribution in [3.8, 4) is 0 Å². The maximum absolute atomic E-state index is 12.0. The number of aliphatic hydroxyl groups excluding tert-OH is 1. The fraction of sp³-hybridized carbons (Fsp3) is 0.833. The zero-order valence-electron chi connectivity index (χ0n) is 10.6. The molecule has 18 heavy (non-hydrogen) atoms. The third kappa shape index (κ3) is 3.00. The second kappa shape index (κ2) is 6.15. The summed E-state index contributed by atoms with van der Waals surface area (Å²) in [5.74, 6) is -0.409. The number of rotatable bonds is 2. The van der Waals surface area contributed by atoms with Crippen LogP contribution in [0, 0.1) is 5.92 Å². The Bertz CT molecular complexity index is 316. The average molecular weight is 255 g/mol. The molecule has 1 unspecified atom stereocenters. The molecule has 6 heteroatoms. The maximum atomic E-state index is 12.0. The van der Waals surface area contributed by atoms with Gasteiger partial charge < -0.3 is 20.2 Å². The molecule has 1 atom stereocenters. The first kappa shape index (κ1) is 13.3. The molecule has 2 rings (SSSR count). The molecule has 0 saturated carbocycles. The summed E-state index contributed by atoms with van der Waals surface area (Å²) in [5.41, 5.74) is 0. The van der Waals surface area contributed by atoms with Gasteiger partial charge in [-0.1, -0.05) is 0 Å². The van der Waals surface area contributed by atoms with Gasteiger partial charge in [-0.15, -0.1) is 0 Å². The topological polar surface area (TPSA) is 72.9 Å².